The van der Waals surface area contributed by atoms with Crippen LogP contribution in [-0.2, 0) is 23.9 Å². The van der Waals surface area contributed by atoms with E-state index in [1.807, 2.05) is 45.8 Å². The molecule has 3 heterocycles. The maximum atomic E-state index is 12.7. The van der Waals surface area contributed by atoms with Gasteiger partial charge in [0.25, 0.3) is 0 Å². The van der Waals surface area contributed by atoms with Gasteiger partial charge in [-0.2, -0.15) is 13.2 Å². The van der Waals surface area contributed by atoms with Gasteiger partial charge in [-0.15, -0.1) is 0 Å². The Labute approximate surface area is 186 Å². The van der Waals surface area contributed by atoms with Crippen molar-refractivity contribution in [3.05, 3.63) is 35.5 Å². The van der Waals surface area contributed by atoms with Crippen LogP contribution in [0.1, 0.15) is 50.7 Å². The van der Waals surface area contributed by atoms with Crippen LogP contribution in [0.15, 0.2) is 18.5 Å². The van der Waals surface area contributed by atoms with Gasteiger partial charge in [-0.05, 0) is 24.3 Å². The molecular formula is C22H29F3N6O. The topological polar surface area (TPSA) is 74.2 Å². The fraction of sp³-hybridized carbons (Fsp3) is 0.545. The number of fused-ring (bicyclic) bond motifs is 1. The predicted octanol–water partition coefficient (Wildman–Crippen LogP) is 4.28. The Morgan fingerprint density at radius 2 is 1.84 bits per heavy atom. The normalized spacial score (nSPS) is 14.2. The van der Waals surface area contributed by atoms with Crippen LogP contribution in [-0.4, -0.2) is 41.5 Å². The largest absolute Gasteiger partial charge is 0.451 e. The van der Waals surface area contributed by atoms with E-state index in [1.165, 1.54) is 12.4 Å². The van der Waals surface area contributed by atoms with Crippen molar-refractivity contribution >= 4 is 23.1 Å². The summed E-state index contributed by atoms with van der Waals surface area (Å²) < 4.78 is 38.2. The number of halogens is 3. The highest BCUT2D eigenvalue weighted by Gasteiger charge is 2.34. The predicted molar refractivity (Wildman–Crippen MR) is 118 cm³/mol. The Hall–Kier alpha value is -2.91. The van der Waals surface area contributed by atoms with Crippen LogP contribution in [0.4, 0.5) is 30.4 Å². The number of aromatic nitrogens is 3. The SMILES string of the molecule is CN(C)c1cc2c(nc1NC(=O)CC(C)(C)C)CCCN2Cc1cnc(C(F)(F)F)nc1. The van der Waals surface area contributed by atoms with E-state index in [0.717, 1.165) is 36.5 Å². The number of rotatable bonds is 5. The molecule has 0 fully saturated rings. The van der Waals surface area contributed by atoms with Crippen molar-refractivity contribution in [3.8, 4) is 0 Å². The third kappa shape index (κ3) is 5.86. The van der Waals surface area contributed by atoms with E-state index < -0.39 is 12.0 Å². The number of amides is 1. The van der Waals surface area contributed by atoms with Crippen molar-refractivity contribution in [2.45, 2.75) is 52.8 Å². The van der Waals surface area contributed by atoms with E-state index in [-0.39, 0.29) is 11.3 Å². The van der Waals surface area contributed by atoms with Crippen molar-refractivity contribution in [2.75, 3.05) is 35.8 Å². The summed E-state index contributed by atoms with van der Waals surface area (Å²) in [5.41, 5.74) is 2.95. The molecule has 7 nitrogen and oxygen atoms in total. The first-order valence-electron chi connectivity index (χ1n) is 10.5. The molecule has 0 aromatic carbocycles. The highest BCUT2D eigenvalue weighted by Crippen LogP contribution is 2.35. The molecular weight excluding hydrogens is 421 g/mol. The molecule has 0 atom stereocenters. The van der Waals surface area contributed by atoms with Crippen LogP contribution in [0.5, 0.6) is 0 Å². The second-order valence-corrected chi connectivity index (χ2v) is 9.44. The molecule has 2 aromatic heterocycles. The van der Waals surface area contributed by atoms with Crippen molar-refractivity contribution in [2.24, 2.45) is 5.41 Å². The van der Waals surface area contributed by atoms with Gasteiger partial charge in [-0.25, -0.2) is 15.0 Å². The fourth-order valence-corrected chi connectivity index (χ4v) is 3.60. The second-order valence-electron chi connectivity index (χ2n) is 9.44. The summed E-state index contributed by atoms with van der Waals surface area (Å²) in [6.45, 7) is 7.11. The number of hydrogen-bond acceptors (Lipinski definition) is 6. The average molecular weight is 451 g/mol. The summed E-state index contributed by atoms with van der Waals surface area (Å²) in [7, 11) is 3.75. The van der Waals surface area contributed by atoms with Gasteiger partial charge in [-0.3, -0.25) is 4.79 Å². The number of carbonyl (C=O) groups excluding carboxylic acids is 1. The third-order valence-electron chi connectivity index (χ3n) is 5.00. The van der Waals surface area contributed by atoms with E-state index in [1.54, 1.807) is 0 Å². The van der Waals surface area contributed by atoms with Gasteiger partial charge in [0.15, 0.2) is 5.82 Å². The lowest BCUT2D eigenvalue weighted by atomic mass is 9.92. The lowest BCUT2D eigenvalue weighted by Crippen LogP contribution is -2.31. The molecule has 1 N–H and O–H groups in total. The smallest absolute Gasteiger partial charge is 0.375 e. The highest BCUT2D eigenvalue weighted by molar-refractivity contribution is 5.94. The van der Waals surface area contributed by atoms with Gasteiger partial charge in [0.1, 0.15) is 0 Å². The minimum atomic E-state index is -4.56. The van der Waals surface area contributed by atoms with E-state index in [0.29, 0.717) is 24.3 Å². The van der Waals surface area contributed by atoms with E-state index >= 15 is 0 Å². The number of anilines is 3. The number of alkyl halides is 3. The van der Waals surface area contributed by atoms with Gasteiger partial charge in [0.05, 0.1) is 17.1 Å². The first-order valence-corrected chi connectivity index (χ1v) is 10.5. The summed E-state index contributed by atoms with van der Waals surface area (Å²) in [4.78, 5) is 28.1. The molecule has 2 aromatic rings. The molecule has 0 spiro atoms. The Balaban J connectivity index is 1.86. The standard InChI is InChI=1S/C22H29F3N6O/c1-21(2,3)10-18(32)29-19-17(30(4)5)9-16-15(28-19)7-6-8-31(16)13-14-11-26-20(27-12-14)22(23,24)25/h9,11-12H,6-8,10,13H2,1-5H3,(H,28,29,32). The van der Waals surface area contributed by atoms with E-state index in [4.69, 9.17) is 4.98 Å². The fourth-order valence-electron chi connectivity index (χ4n) is 3.60. The summed E-state index contributed by atoms with van der Waals surface area (Å²) in [5.74, 6) is -0.724. The Morgan fingerprint density at radius 3 is 2.41 bits per heavy atom. The monoisotopic (exact) mass is 450 g/mol. The summed E-state index contributed by atoms with van der Waals surface area (Å²) in [6, 6.07) is 1.97. The maximum Gasteiger partial charge on any atom is 0.451 e. The van der Waals surface area contributed by atoms with Crippen LogP contribution < -0.4 is 15.1 Å². The van der Waals surface area contributed by atoms with Crippen LogP contribution in [0.2, 0.25) is 0 Å². The lowest BCUT2D eigenvalue weighted by Gasteiger charge is -2.32. The van der Waals surface area contributed by atoms with Crippen LogP contribution >= 0.6 is 0 Å². The summed E-state index contributed by atoms with van der Waals surface area (Å²) in [5, 5.41) is 2.95. The highest BCUT2D eigenvalue weighted by atomic mass is 19.4. The molecule has 1 aliphatic heterocycles. The van der Waals surface area contributed by atoms with Gasteiger partial charge in [0.2, 0.25) is 11.7 Å². The third-order valence-corrected chi connectivity index (χ3v) is 5.00. The van der Waals surface area contributed by atoms with Crippen molar-refractivity contribution < 1.29 is 18.0 Å². The maximum absolute atomic E-state index is 12.7. The Bertz CT molecular complexity index is 967. The van der Waals surface area contributed by atoms with Crippen molar-refractivity contribution in [1.82, 2.24) is 15.0 Å². The van der Waals surface area contributed by atoms with Crippen molar-refractivity contribution in [1.29, 1.82) is 0 Å². The zero-order chi connectivity index (χ0) is 23.7. The molecule has 32 heavy (non-hydrogen) atoms. The number of nitrogens with zero attached hydrogens (tertiary/aromatic N) is 5. The second kappa shape index (κ2) is 8.91. The molecule has 10 heteroatoms. The van der Waals surface area contributed by atoms with Gasteiger partial charge in [0, 0.05) is 51.6 Å². The number of hydrogen-bond donors (Lipinski definition) is 1. The molecule has 0 bridgehead atoms. The minimum absolute atomic E-state index is 0.0948. The molecule has 0 unspecified atom stereocenters. The minimum Gasteiger partial charge on any atom is -0.375 e. The molecule has 1 aliphatic rings. The van der Waals surface area contributed by atoms with E-state index in [2.05, 4.69) is 20.2 Å². The summed E-state index contributed by atoms with van der Waals surface area (Å²) >= 11 is 0. The average Bonchev–Trinajstić information content (AvgIpc) is 2.65. The Morgan fingerprint density at radius 1 is 1.19 bits per heavy atom. The molecule has 174 valence electrons. The lowest BCUT2D eigenvalue weighted by molar-refractivity contribution is -0.145. The number of pyridine rings is 1. The van der Waals surface area contributed by atoms with Gasteiger partial charge < -0.3 is 15.1 Å². The first-order chi connectivity index (χ1) is 14.8. The molecule has 0 saturated heterocycles. The number of carbonyl (C=O) groups is 1. The molecule has 0 radical (unpaired) electrons. The summed E-state index contributed by atoms with van der Waals surface area (Å²) in [6.07, 6.45) is -0.159. The molecule has 0 aliphatic carbocycles. The molecule has 0 saturated carbocycles. The molecule has 3 rings (SSSR count). The van der Waals surface area contributed by atoms with Crippen LogP contribution in [0.25, 0.3) is 0 Å². The Kier molecular flexibility index (Phi) is 6.61. The number of aryl methyl sites for hydroxylation is 1. The quantitative estimate of drug-likeness (QED) is 0.733. The number of nitrogens with one attached hydrogen (secondary N) is 1. The van der Waals surface area contributed by atoms with Crippen LogP contribution in [0.3, 0.4) is 0 Å². The molecule has 1 amide bonds. The van der Waals surface area contributed by atoms with Gasteiger partial charge in [-0.1, -0.05) is 20.8 Å². The zero-order valence-electron chi connectivity index (χ0n) is 19.0. The first kappa shape index (κ1) is 23.7. The van der Waals surface area contributed by atoms with Crippen molar-refractivity contribution in [3.63, 3.8) is 0 Å². The van der Waals surface area contributed by atoms with Crippen LogP contribution in [0, 0.1) is 5.41 Å². The van der Waals surface area contributed by atoms with Gasteiger partial charge >= 0.3 is 6.18 Å². The van der Waals surface area contributed by atoms with E-state index in [9.17, 15) is 18.0 Å². The zero-order valence-corrected chi connectivity index (χ0v) is 19.0.